The Morgan fingerprint density at radius 1 is 0.841 bits per heavy atom. The molecule has 0 radical (unpaired) electrons. The molecule has 3 saturated carbocycles. The van der Waals surface area contributed by atoms with Crippen LogP contribution in [0.2, 0.25) is 0 Å². The number of hydrogen-bond acceptors (Lipinski definition) is 20. The molecular weight excluding hydrogens is 1070 g/mol. The predicted octanol–water partition coefficient (Wildman–Crippen LogP) is 1.64. The van der Waals surface area contributed by atoms with E-state index in [1.807, 2.05) is 0 Å². The molecule has 4 fully saturated rings. The number of nitrogens with two attached hydrogens (primary N) is 1. The standard InChI is InChI=1S/C57H73N5O20/c1-28-35(25-57(75)46(80-48(70)32-18-14-11-15-19-32)44-55(8,45(68)42(67)40(28)54(57,6)7)36(64)24-37-56(44,27-77-37)81-29(2)63)78-50(72)43(41(31-20-21-31)62-52(74)82-53(3,4)5)79-49(71)34(22-38(58)65)60-47(69)33(23-39(66)59-9)61-51(73)76-26-30-16-12-10-13-17-30/h10-19,31,33-37,41-44,46,64,67,75H,20-27H2,1-9H3,(H2,58,65)(H,59,66)(H,60,69)(H,61,73)(H,62,74)/t33-,34+,35+,36+,37-,41+,42-,43?,44+,46+,55-,56+,57-/m1/s1. The van der Waals surface area contributed by atoms with Gasteiger partial charge in [-0.2, -0.15) is 0 Å². The van der Waals surface area contributed by atoms with Crippen molar-refractivity contribution < 1.29 is 96.4 Å². The number of amides is 5. The first-order chi connectivity index (χ1) is 38.4. The highest BCUT2D eigenvalue weighted by molar-refractivity contribution is 5.96. The van der Waals surface area contributed by atoms with Gasteiger partial charge in [-0.3, -0.25) is 24.0 Å². The number of carbonyl (C=O) groups is 10. The van der Waals surface area contributed by atoms with Crippen molar-refractivity contribution in [2.45, 2.75) is 172 Å². The second-order valence-corrected chi connectivity index (χ2v) is 23.3. The quantitative estimate of drug-likeness (QED) is 0.0563. The molecular formula is C57H73N5O20. The minimum absolute atomic E-state index is 0.00659. The zero-order valence-corrected chi connectivity index (χ0v) is 47.1. The average molecular weight is 1150 g/mol. The molecule has 9 N–H and O–H groups in total. The molecule has 0 aromatic heterocycles. The molecule has 2 bridgehead atoms. The van der Waals surface area contributed by atoms with Crippen LogP contribution in [0.15, 0.2) is 71.8 Å². The Balaban J connectivity index is 1.29. The maximum Gasteiger partial charge on any atom is 0.408 e. The van der Waals surface area contributed by atoms with Gasteiger partial charge in [-0.1, -0.05) is 62.4 Å². The SMILES string of the molecule is CNC(=O)C[C@@H](NC(=O)OCc1ccccc1)C(=O)N[C@@H](CC(N)=O)C(=O)OC(C(=O)O[C@H]1C[C@@]2(O)[C@@H](OC(=O)c3ccccc3)[C@@H]3[C@]4(OC(C)=O)CO[C@@H]4C[C@H](O)[C@@]3(C)C(=O)[C@H](O)C(=C1C)C2(C)C)[C@@H](NC(=O)OC(C)(C)C)C1CC1. The first-order valence-corrected chi connectivity index (χ1v) is 27.0. The van der Waals surface area contributed by atoms with E-state index in [2.05, 4.69) is 21.3 Å². The van der Waals surface area contributed by atoms with Crippen LogP contribution in [0.25, 0.3) is 0 Å². The highest BCUT2D eigenvalue weighted by atomic mass is 16.6. The predicted molar refractivity (Wildman–Crippen MR) is 283 cm³/mol. The minimum Gasteiger partial charge on any atom is -0.455 e. The van der Waals surface area contributed by atoms with Gasteiger partial charge in [0.2, 0.25) is 23.8 Å². The van der Waals surface area contributed by atoms with E-state index in [1.54, 1.807) is 69.3 Å². The molecule has 1 aliphatic heterocycles. The van der Waals surface area contributed by atoms with E-state index in [0.717, 1.165) is 6.92 Å². The number of ketones is 1. The lowest BCUT2D eigenvalue weighted by atomic mass is 9.44. The number of primary amides is 1. The lowest BCUT2D eigenvalue weighted by Gasteiger charge is -2.67. The summed E-state index contributed by atoms with van der Waals surface area (Å²) in [6.45, 7) is 10.8. The third-order valence-corrected chi connectivity index (χ3v) is 16.3. The highest BCUT2D eigenvalue weighted by Crippen LogP contribution is 2.64. The Labute approximate surface area is 473 Å². The Hall–Kier alpha value is -7.48. The van der Waals surface area contributed by atoms with Crippen LogP contribution in [0.5, 0.6) is 0 Å². The molecule has 5 aliphatic rings. The molecule has 5 amide bonds. The number of alkyl carbamates (subject to hydrolysis) is 2. The summed E-state index contributed by atoms with van der Waals surface area (Å²) >= 11 is 0. The number of benzene rings is 2. The van der Waals surface area contributed by atoms with Gasteiger partial charge in [0.1, 0.15) is 54.3 Å². The molecule has 13 atom stereocenters. The average Bonchev–Trinajstić information content (AvgIpc) is 0.777. The van der Waals surface area contributed by atoms with Crippen LogP contribution >= 0.6 is 0 Å². The molecule has 1 saturated heterocycles. The molecule has 82 heavy (non-hydrogen) atoms. The summed E-state index contributed by atoms with van der Waals surface area (Å²) in [5, 5.41) is 47.9. The zero-order chi connectivity index (χ0) is 60.4. The zero-order valence-electron chi connectivity index (χ0n) is 47.1. The van der Waals surface area contributed by atoms with Crippen molar-refractivity contribution >= 4 is 59.6 Å². The number of hydrogen-bond donors (Lipinski definition) is 8. The van der Waals surface area contributed by atoms with Crippen LogP contribution in [0.4, 0.5) is 9.59 Å². The minimum atomic E-state index is -2.56. The Morgan fingerprint density at radius 2 is 1.48 bits per heavy atom. The summed E-state index contributed by atoms with van der Waals surface area (Å²) in [6, 6.07) is 10.8. The third kappa shape index (κ3) is 12.8. The first-order valence-electron chi connectivity index (χ1n) is 27.0. The number of carbonyl (C=O) groups excluding carboxylic acids is 10. The van der Waals surface area contributed by atoms with Gasteiger partial charge in [-0.05, 0) is 82.2 Å². The van der Waals surface area contributed by atoms with E-state index in [4.69, 9.17) is 38.9 Å². The fraction of sp³-hybridized carbons (Fsp3) is 0.579. The van der Waals surface area contributed by atoms with E-state index in [-0.39, 0.29) is 29.7 Å². The molecule has 4 aliphatic carbocycles. The maximum absolute atomic E-state index is 15.3. The Kier molecular flexibility index (Phi) is 18.3. The fourth-order valence-corrected chi connectivity index (χ4v) is 11.9. The number of rotatable bonds is 19. The van der Waals surface area contributed by atoms with E-state index in [1.165, 1.54) is 46.9 Å². The van der Waals surface area contributed by atoms with Crippen molar-refractivity contribution in [3.05, 3.63) is 82.9 Å². The van der Waals surface area contributed by atoms with Crippen LogP contribution in [0.3, 0.4) is 0 Å². The monoisotopic (exact) mass is 1150 g/mol. The topological polar surface area (TPSA) is 370 Å². The van der Waals surface area contributed by atoms with Gasteiger partial charge in [-0.15, -0.1) is 0 Å². The summed E-state index contributed by atoms with van der Waals surface area (Å²) in [4.78, 5) is 139. The van der Waals surface area contributed by atoms with Crippen molar-refractivity contribution in [2.24, 2.45) is 28.4 Å². The highest BCUT2D eigenvalue weighted by Gasteiger charge is 2.78. The lowest BCUT2D eigenvalue weighted by Crippen LogP contribution is -2.81. The number of aliphatic hydroxyl groups is 3. The number of ether oxygens (including phenoxy) is 7. The lowest BCUT2D eigenvalue weighted by molar-refractivity contribution is -0.346. The first kappa shape index (κ1) is 62.1. The summed E-state index contributed by atoms with van der Waals surface area (Å²) in [7, 11) is 1.26. The van der Waals surface area contributed by atoms with Crippen molar-refractivity contribution in [3.8, 4) is 0 Å². The maximum atomic E-state index is 15.3. The largest absolute Gasteiger partial charge is 0.455 e. The van der Waals surface area contributed by atoms with Crippen LogP contribution in [0.1, 0.15) is 110 Å². The smallest absolute Gasteiger partial charge is 0.408 e. The van der Waals surface area contributed by atoms with Crippen LogP contribution < -0.4 is 27.0 Å². The summed E-state index contributed by atoms with van der Waals surface area (Å²) in [5.74, 6) is -11.2. The van der Waals surface area contributed by atoms with Gasteiger partial charge >= 0.3 is 36.1 Å². The van der Waals surface area contributed by atoms with Gasteiger partial charge in [0, 0.05) is 32.2 Å². The summed E-state index contributed by atoms with van der Waals surface area (Å²) in [5.41, 5.74) is -3.56. The Morgan fingerprint density at radius 3 is 2.04 bits per heavy atom. The van der Waals surface area contributed by atoms with E-state index < -0.39 is 180 Å². The van der Waals surface area contributed by atoms with Crippen LogP contribution in [-0.2, 0) is 73.3 Å². The van der Waals surface area contributed by atoms with Gasteiger partial charge < -0.3 is 75.5 Å². The van der Waals surface area contributed by atoms with Crippen LogP contribution in [-0.4, -0.2) is 160 Å². The normalized spacial score (nSPS) is 28.6. The van der Waals surface area contributed by atoms with Gasteiger partial charge in [0.15, 0.2) is 11.4 Å². The van der Waals surface area contributed by atoms with Gasteiger partial charge in [0.25, 0.3) is 0 Å². The molecule has 0 spiro atoms. The van der Waals surface area contributed by atoms with Crippen LogP contribution in [0, 0.1) is 22.7 Å². The van der Waals surface area contributed by atoms with E-state index in [0.29, 0.717) is 18.4 Å². The van der Waals surface area contributed by atoms with E-state index in [9.17, 15) is 53.7 Å². The Bertz CT molecular complexity index is 2850. The fourth-order valence-electron chi connectivity index (χ4n) is 11.9. The molecule has 25 heteroatoms. The van der Waals surface area contributed by atoms with Crippen molar-refractivity contribution in [2.75, 3.05) is 13.7 Å². The number of Topliss-reactive ketones (excluding diaryl/α,β-unsaturated/α-hetero) is 1. The second-order valence-electron chi connectivity index (χ2n) is 23.3. The van der Waals surface area contributed by atoms with Crippen molar-refractivity contribution in [1.29, 1.82) is 0 Å². The molecule has 446 valence electrons. The van der Waals surface area contributed by atoms with Gasteiger partial charge in [-0.25, -0.2) is 24.0 Å². The molecule has 2 aromatic rings. The molecule has 1 unspecified atom stereocenters. The second kappa shape index (κ2) is 24.2. The molecule has 2 aromatic carbocycles. The van der Waals surface area contributed by atoms with E-state index >= 15 is 9.59 Å². The third-order valence-electron chi connectivity index (χ3n) is 16.3. The number of esters is 4. The summed E-state index contributed by atoms with van der Waals surface area (Å²) < 4.78 is 41.2. The number of aliphatic hydroxyl groups excluding tert-OH is 2. The van der Waals surface area contributed by atoms with Crippen molar-refractivity contribution in [1.82, 2.24) is 21.3 Å². The number of nitrogens with one attached hydrogen (secondary N) is 4. The molecule has 25 nitrogen and oxygen atoms in total. The molecule has 7 rings (SSSR count). The van der Waals surface area contributed by atoms with Crippen molar-refractivity contribution in [3.63, 3.8) is 0 Å². The van der Waals surface area contributed by atoms with Gasteiger partial charge in [0.05, 0.1) is 48.5 Å². The molecule has 1 heterocycles. The summed E-state index contributed by atoms with van der Waals surface area (Å²) in [6.07, 6.45) is -15.0. The number of fused-ring (bicyclic) bond motifs is 5.